The first kappa shape index (κ1) is 8.75. The fraction of sp³-hybridized carbons (Fsp3) is 0. The molecule has 4 heteroatoms. The monoisotopic (exact) mass is 184 g/mol. The third-order valence-corrected chi connectivity index (χ3v) is 1.44. The Hall–Kier alpha value is -1.34. The van der Waals surface area contributed by atoms with E-state index in [-0.39, 0.29) is 0 Å². The Morgan fingerprint density at radius 3 is 2.25 bits per heavy atom. The molecule has 0 fully saturated rings. The smallest absolute Gasteiger partial charge is 0.180 e. The van der Waals surface area contributed by atoms with Crippen molar-refractivity contribution < 1.29 is 12.3 Å². The van der Waals surface area contributed by atoms with Crippen LogP contribution in [0.4, 0.5) is 3.89 Å². The minimum Gasteiger partial charge on any atom is -0.180 e. The fourth-order valence-corrected chi connectivity index (χ4v) is 0.881. The van der Waals surface area contributed by atoms with Crippen molar-refractivity contribution >= 4 is 10.2 Å². The topological polar surface area (TPSA) is 34.1 Å². The Morgan fingerprint density at radius 2 is 1.75 bits per heavy atom. The van der Waals surface area contributed by atoms with Crippen molar-refractivity contribution in [3.63, 3.8) is 0 Å². The van der Waals surface area contributed by atoms with Crippen molar-refractivity contribution in [3.05, 3.63) is 35.9 Å². The van der Waals surface area contributed by atoms with E-state index in [1.165, 1.54) is 5.25 Å². The molecule has 0 atom stereocenters. The highest BCUT2D eigenvalue weighted by Gasteiger charge is 1.96. The number of halogens is 1. The Bertz CT molecular complexity index is 411. The van der Waals surface area contributed by atoms with Crippen LogP contribution < -0.4 is 0 Å². The van der Waals surface area contributed by atoms with Gasteiger partial charge in [0.25, 0.3) is 0 Å². The van der Waals surface area contributed by atoms with Crippen molar-refractivity contribution in [1.29, 1.82) is 0 Å². The van der Waals surface area contributed by atoms with Gasteiger partial charge in [-0.2, -0.15) is 8.42 Å². The molecule has 0 aliphatic carbocycles. The van der Waals surface area contributed by atoms with Crippen LogP contribution in [0.2, 0.25) is 0 Å². The highest BCUT2D eigenvalue weighted by atomic mass is 32.3. The van der Waals surface area contributed by atoms with E-state index in [0.717, 1.165) is 0 Å². The summed E-state index contributed by atoms with van der Waals surface area (Å²) in [6.07, 6.45) is 0. The van der Waals surface area contributed by atoms with Crippen molar-refractivity contribution in [3.8, 4) is 11.2 Å². The minimum absolute atomic E-state index is 0.471. The lowest BCUT2D eigenvalue weighted by Gasteiger charge is -1.84. The molecule has 0 radical (unpaired) electrons. The van der Waals surface area contributed by atoms with E-state index < -0.39 is 10.2 Å². The average molecular weight is 184 g/mol. The van der Waals surface area contributed by atoms with Crippen LogP contribution in [0.15, 0.2) is 30.3 Å². The van der Waals surface area contributed by atoms with E-state index in [0.29, 0.717) is 5.56 Å². The molecule has 2 nitrogen and oxygen atoms in total. The van der Waals surface area contributed by atoms with Crippen LogP contribution in [0, 0.1) is 11.2 Å². The first-order valence-electron chi connectivity index (χ1n) is 3.10. The fourth-order valence-electron chi connectivity index (χ4n) is 0.641. The molecule has 0 aliphatic rings. The molecule has 0 bridgehead atoms. The van der Waals surface area contributed by atoms with Gasteiger partial charge in [0.05, 0.1) is 5.25 Å². The third kappa shape index (κ3) is 3.17. The SMILES string of the molecule is O=S(=O)(F)C#Cc1ccccc1. The minimum atomic E-state index is -4.68. The van der Waals surface area contributed by atoms with Crippen LogP contribution in [0.5, 0.6) is 0 Å². The summed E-state index contributed by atoms with van der Waals surface area (Å²) in [7, 11) is -4.68. The van der Waals surface area contributed by atoms with E-state index in [9.17, 15) is 12.3 Å². The van der Waals surface area contributed by atoms with Crippen molar-refractivity contribution in [2.75, 3.05) is 0 Å². The lowest BCUT2D eigenvalue weighted by atomic mass is 10.2. The maximum atomic E-state index is 11.9. The molecule has 62 valence electrons. The van der Waals surface area contributed by atoms with E-state index in [1.54, 1.807) is 30.3 Å². The molecule has 1 rings (SSSR count). The predicted molar refractivity (Wildman–Crippen MR) is 43.3 cm³/mol. The number of hydrogen-bond acceptors (Lipinski definition) is 2. The molecular formula is C8H5FO2S. The van der Waals surface area contributed by atoms with Gasteiger partial charge in [0.15, 0.2) is 0 Å². The summed E-state index contributed by atoms with van der Waals surface area (Å²) in [6, 6.07) is 8.33. The lowest BCUT2D eigenvalue weighted by molar-refractivity contribution is 0.565. The standard InChI is InChI=1S/C8H5FO2S/c9-12(10,11)7-6-8-4-2-1-3-5-8/h1-5H. The zero-order valence-corrected chi connectivity index (χ0v) is 6.81. The molecular weight excluding hydrogens is 179 g/mol. The molecule has 0 aliphatic heterocycles. The van der Waals surface area contributed by atoms with Gasteiger partial charge in [-0.05, 0) is 18.1 Å². The molecule has 1 aromatic rings. The summed E-state index contributed by atoms with van der Waals surface area (Å²) < 4.78 is 31.8. The lowest BCUT2D eigenvalue weighted by Crippen LogP contribution is -1.82. The van der Waals surface area contributed by atoms with Gasteiger partial charge in [0.2, 0.25) is 0 Å². The van der Waals surface area contributed by atoms with E-state index in [4.69, 9.17) is 0 Å². The number of benzene rings is 1. The van der Waals surface area contributed by atoms with Gasteiger partial charge in [-0.15, -0.1) is 0 Å². The summed E-state index contributed by atoms with van der Waals surface area (Å²) in [6.45, 7) is 0. The quantitative estimate of drug-likeness (QED) is 0.450. The number of rotatable bonds is 0. The molecule has 0 unspecified atom stereocenters. The number of hydrogen-bond donors (Lipinski definition) is 0. The predicted octanol–water partition coefficient (Wildman–Crippen LogP) is 1.29. The second-order valence-electron chi connectivity index (χ2n) is 2.03. The molecule has 1 aromatic carbocycles. The van der Waals surface area contributed by atoms with Crippen molar-refractivity contribution in [2.24, 2.45) is 0 Å². The molecule has 0 heterocycles. The Morgan fingerprint density at radius 1 is 1.17 bits per heavy atom. The van der Waals surface area contributed by atoms with Crippen LogP contribution >= 0.6 is 0 Å². The van der Waals surface area contributed by atoms with Gasteiger partial charge in [-0.3, -0.25) is 0 Å². The molecule has 0 saturated heterocycles. The van der Waals surface area contributed by atoms with Crippen LogP contribution in [0.25, 0.3) is 0 Å². The maximum absolute atomic E-state index is 11.9. The van der Waals surface area contributed by atoms with Crippen molar-refractivity contribution in [1.82, 2.24) is 0 Å². The first-order valence-corrected chi connectivity index (χ1v) is 4.49. The largest absolute Gasteiger partial charge is 0.373 e. The molecule has 0 saturated carbocycles. The Labute approximate surface area is 70.2 Å². The molecule has 0 aromatic heterocycles. The molecule has 0 amide bonds. The summed E-state index contributed by atoms with van der Waals surface area (Å²) >= 11 is 0. The van der Waals surface area contributed by atoms with Gasteiger partial charge in [-0.1, -0.05) is 22.1 Å². The van der Waals surface area contributed by atoms with Crippen LogP contribution in [-0.2, 0) is 10.2 Å². The summed E-state index contributed by atoms with van der Waals surface area (Å²) in [4.78, 5) is 0. The Balaban J connectivity index is 2.96. The van der Waals surface area contributed by atoms with Gasteiger partial charge in [-0.25, -0.2) is 0 Å². The average Bonchev–Trinajstić information content (AvgIpc) is 2.02. The van der Waals surface area contributed by atoms with Crippen LogP contribution in [-0.4, -0.2) is 8.42 Å². The molecule has 0 N–H and O–H groups in total. The first-order chi connectivity index (χ1) is 5.58. The second kappa shape index (κ2) is 3.37. The zero-order valence-electron chi connectivity index (χ0n) is 5.99. The van der Waals surface area contributed by atoms with E-state index >= 15 is 0 Å². The third-order valence-electron chi connectivity index (χ3n) is 1.09. The van der Waals surface area contributed by atoms with Gasteiger partial charge >= 0.3 is 10.2 Å². The molecule has 12 heavy (non-hydrogen) atoms. The van der Waals surface area contributed by atoms with Gasteiger partial charge in [0.1, 0.15) is 0 Å². The van der Waals surface area contributed by atoms with E-state index in [2.05, 4.69) is 5.92 Å². The Kier molecular flexibility index (Phi) is 2.46. The summed E-state index contributed by atoms with van der Waals surface area (Å²) in [5, 5.41) is 1.49. The zero-order chi connectivity index (χ0) is 9.03. The normalized spacial score (nSPS) is 10.1. The highest BCUT2D eigenvalue weighted by Crippen LogP contribution is 1.96. The van der Waals surface area contributed by atoms with Crippen LogP contribution in [0.1, 0.15) is 5.56 Å². The second-order valence-corrected chi connectivity index (χ2v) is 3.11. The summed E-state index contributed by atoms with van der Waals surface area (Å²) in [5.41, 5.74) is 0.471. The highest BCUT2D eigenvalue weighted by molar-refractivity contribution is 7.91. The molecule has 0 spiro atoms. The van der Waals surface area contributed by atoms with Gasteiger partial charge < -0.3 is 0 Å². The van der Waals surface area contributed by atoms with E-state index in [1.807, 2.05) is 0 Å². The summed E-state index contributed by atoms with van der Waals surface area (Å²) in [5.74, 6) is 2.17. The maximum Gasteiger partial charge on any atom is 0.373 e. The van der Waals surface area contributed by atoms with Crippen molar-refractivity contribution in [2.45, 2.75) is 0 Å². The van der Waals surface area contributed by atoms with Gasteiger partial charge in [0, 0.05) is 5.56 Å². The van der Waals surface area contributed by atoms with Crippen LogP contribution in [0.3, 0.4) is 0 Å².